The highest BCUT2D eigenvalue weighted by atomic mass is 35.5. The van der Waals surface area contributed by atoms with Crippen LogP contribution in [0.2, 0.25) is 0 Å². The van der Waals surface area contributed by atoms with Crippen molar-refractivity contribution < 1.29 is 4.79 Å². The maximum atomic E-state index is 13.2. The van der Waals surface area contributed by atoms with E-state index in [0.29, 0.717) is 11.5 Å². The third-order valence-corrected chi connectivity index (χ3v) is 6.31. The fourth-order valence-electron chi connectivity index (χ4n) is 4.08. The van der Waals surface area contributed by atoms with Crippen LogP contribution in [0, 0.1) is 12.3 Å². The van der Waals surface area contributed by atoms with Crippen LogP contribution < -0.4 is 5.32 Å². The second kappa shape index (κ2) is 7.48. The van der Waals surface area contributed by atoms with Crippen LogP contribution in [0.5, 0.6) is 0 Å². The van der Waals surface area contributed by atoms with E-state index in [-0.39, 0.29) is 18.3 Å². The third kappa shape index (κ3) is 3.76. The van der Waals surface area contributed by atoms with E-state index in [1.807, 2.05) is 31.2 Å². The van der Waals surface area contributed by atoms with E-state index in [0.717, 1.165) is 37.2 Å². The van der Waals surface area contributed by atoms with Gasteiger partial charge >= 0.3 is 0 Å². The number of carbonyl (C=O) groups excluding carboxylic acids is 1. The molecule has 5 heteroatoms. The Kier molecular flexibility index (Phi) is 5.52. The molecule has 134 valence electrons. The van der Waals surface area contributed by atoms with E-state index in [1.54, 1.807) is 11.3 Å². The topological polar surface area (TPSA) is 32.3 Å². The summed E-state index contributed by atoms with van der Waals surface area (Å²) in [4.78, 5) is 15.4. The molecule has 1 atom stereocenters. The predicted molar refractivity (Wildman–Crippen MR) is 106 cm³/mol. The number of hydrogen-bond acceptors (Lipinski definition) is 3. The monoisotopic (exact) mass is 376 g/mol. The summed E-state index contributed by atoms with van der Waals surface area (Å²) in [6, 6.07) is 10.5. The van der Waals surface area contributed by atoms with Crippen LogP contribution in [0.1, 0.15) is 40.7 Å². The first kappa shape index (κ1) is 18.4. The molecular formula is C20H25ClN2OS. The normalized spacial score (nSPS) is 20.8. The van der Waals surface area contributed by atoms with Gasteiger partial charge in [0.1, 0.15) is 0 Å². The Morgan fingerprint density at radius 2 is 2.12 bits per heavy atom. The van der Waals surface area contributed by atoms with Crippen LogP contribution in [-0.4, -0.2) is 29.9 Å². The number of benzene rings is 1. The summed E-state index contributed by atoms with van der Waals surface area (Å²) in [5.74, 6) is 0.185. The molecule has 4 rings (SSSR count). The maximum absolute atomic E-state index is 13.2. The lowest BCUT2D eigenvalue weighted by atomic mass is 9.93. The van der Waals surface area contributed by atoms with Gasteiger partial charge in [-0.2, -0.15) is 11.3 Å². The summed E-state index contributed by atoms with van der Waals surface area (Å²) in [6.45, 7) is 4.95. The number of aryl methyl sites for hydroxylation is 1. The number of thiophene rings is 1. The number of piperidine rings is 1. The van der Waals surface area contributed by atoms with Gasteiger partial charge in [-0.15, -0.1) is 12.4 Å². The van der Waals surface area contributed by atoms with Crippen LogP contribution in [0.15, 0.2) is 41.1 Å². The van der Waals surface area contributed by atoms with E-state index >= 15 is 0 Å². The van der Waals surface area contributed by atoms with Crippen LogP contribution in [0.3, 0.4) is 0 Å². The molecule has 0 radical (unpaired) electrons. The molecule has 1 amide bonds. The Hall–Kier alpha value is -1.36. The SMILES string of the molecule is Cc1cccc(C(=O)N(Cc2ccsc2)C2CC23CCNCC3)c1.Cl. The second-order valence-corrected chi connectivity index (χ2v) is 8.05. The molecule has 2 aliphatic rings. The molecule has 2 aromatic rings. The van der Waals surface area contributed by atoms with E-state index in [9.17, 15) is 4.79 Å². The summed E-state index contributed by atoms with van der Waals surface area (Å²) >= 11 is 1.70. The van der Waals surface area contributed by atoms with Gasteiger partial charge in [0.25, 0.3) is 5.91 Å². The van der Waals surface area contributed by atoms with E-state index in [1.165, 1.54) is 18.4 Å². The molecule has 1 saturated carbocycles. The minimum atomic E-state index is 0. The van der Waals surface area contributed by atoms with Gasteiger partial charge in [0.2, 0.25) is 0 Å². The molecule has 1 aromatic carbocycles. The molecule has 1 spiro atoms. The van der Waals surface area contributed by atoms with Crippen molar-refractivity contribution in [3.05, 3.63) is 57.8 Å². The van der Waals surface area contributed by atoms with Gasteiger partial charge in [-0.25, -0.2) is 0 Å². The highest BCUT2D eigenvalue weighted by Crippen LogP contribution is 2.56. The Balaban J connectivity index is 0.00000182. The smallest absolute Gasteiger partial charge is 0.254 e. The fourth-order valence-corrected chi connectivity index (χ4v) is 4.74. The first-order chi connectivity index (χ1) is 11.7. The summed E-state index contributed by atoms with van der Waals surface area (Å²) < 4.78 is 0. The largest absolute Gasteiger partial charge is 0.331 e. The summed E-state index contributed by atoms with van der Waals surface area (Å²) in [7, 11) is 0. The van der Waals surface area contributed by atoms with Crippen LogP contribution in [0.4, 0.5) is 0 Å². The van der Waals surface area contributed by atoms with Crippen molar-refractivity contribution in [3.8, 4) is 0 Å². The Morgan fingerprint density at radius 3 is 2.80 bits per heavy atom. The van der Waals surface area contributed by atoms with Gasteiger partial charge in [0.05, 0.1) is 0 Å². The number of amides is 1. The van der Waals surface area contributed by atoms with Crippen molar-refractivity contribution in [1.29, 1.82) is 0 Å². The molecule has 1 saturated heterocycles. The van der Waals surface area contributed by atoms with Crippen molar-refractivity contribution >= 4 is 29.7 Å². The Bertz CT molecular complexity index is 725. The minimum absolute atomic E-state index is 0. The number of hydrogen-bond donors (Lipinski definition) is 1. The zero-order valence-electron chi connectivity index (χ0n) is 14.5. The lowest BCUT2D eigenvalue weighted by Crippen LogP contribution is -2.39. The van der Waals surface area contributed by atoms with Crippen molar-refractivity contribution in [2.24, 2.45) is 5.41 Å². The molecule has 1 unspecified atom stereocenters. The number of carbonyl (C=O) groups is 1. The lowest BCUT2D eigenvalue weighted by molar-refractivity contribution is 0.0692. The van der Waals surface area contributed by atoms with Crippen LogP contribution in [0.25, 0.3) is 0 Å². The molecule has 0 bridgehead atoms. The standard InChI is InChI=1S/C20H24N2OS.ClH/c1-15-3-2-4-17(11-15)19(23)22(13-16-5-10-24-14-16)18-12-20(18)6-8-21-9-7-20;/h2-5,10-11,14,18,21H,6-9,12-13H2,1H3;1H. The van der Waals surface area contributed by atoms with Crippen molar-refractivity contribution in [3.63, 3.8) is 0 Å². The second-order valence-electron chi connectivity index (χ2n) is 7.27. The van der Waals surface area contributed by atoms with Gasteiger partial charge in [-0.05, 0) is 79.2 Å². The zero-order valence-corrected chi connectivity index (χ0v) is 16.2. The molecule has 2 heterocycles. The molecular weight excluding hydrogens is 352 g/mol. The van der Waals surface area contributed by atoms with Gasteiger partial charge < -0.3 is 10.2 Å². The molecule has 1 aliphatic carbocycles. The molecule has 3 nitrogen and oxygen atoms in total. The number of nitrogens with one attached hydrogen (secondary N) is 1. The predicted octanol–water partition coefficient (Wildman–Crippen LogP) is 4.26. The number of nitrogens with zero attached hydrogens (tertiary/aromatic N) is 1. The van der Waals surface area contributed by atoms with Gasteiger partial charge in [-0.1, -0.05) is 17.7 Å². The molecule has 2 fully saturated rings. The summed E-state index contributed by atoms with van der Waals surface area (Å²) in [5.41, 5.74) is 3.57. The van der Waals surface area contributed by atoms with Crippen LogP contribution in [-0.2, 0) is 6.54 Å². The molecule has 25 heavy (non-hydrogen) atoms. The molecule has 1 N–H and O–H groups in total. The van der Waals surface area contributed by atoms with E-state index < -0.39 is 0 Å². The van der Waals surface area contributed by atoms with Crippen LogP contribution >= 0.6 is 23.7 Å². The number of halogens is 1. The molecule has 1 aliphatic heterocycles. The van der Waals surface area contributed by atoms with Gasteiger partial charge in [-0.3, -0.25) is 4.79 Å². The average Bonchev–Trinajstić information content (AvgIpc) is 3.04. The first-order valence-corrected chi connectivity index (χ1v) is 9.72. The van der Waals surface area contributed by atoms with Gasteiger partial charge in [0.15, 0.2) is 0 Å². The van der Waals surface area contributed by atoms with Crippen molar-refractivity contribution in [1.82, 2.24) is 10.2 Å². The Labute approximate surface area is 159 Å². The van der Waals surface area contributed by atoms with Crippen molar-refractivity contribution in [2.45, 2.75) is 38.8 Å². The summed E-state index contributed by atoms with van der Waals surface area (Å²) in [6.07, 6.45) is 3.55. The average molecular weight is 377 g/mol. The van der Waals surface area contributed by atoms with E-state index in [2.05, 4.69) is 27.0 Å². The highest BCUT2D eigenvalue weighted by molar-refractivity contribution is 7.07. The first-order valence-electron chi connectivity index (χ1n) is 8.77. The number of rotatable bonds is 4. The fraction of sp³-hybridized carbons (Fsp3) is 0.450. The lowest BCUT2D eigenvalue weighted by Gasteiger charge is -2.29. The third-order valence-electron chi connectivity index (χ3n) is 5.58. The maximum Gasteiger partial charge on any atom is 0.254 e. The summed E-state index contributed by atoms with van der Waals surface area (Å²) in [5, 5.41) is 7.71. The highest BCUT2D eigenvalue weighted by Gasteiger charge is 2.57. The van der Waals surface area contributed by atoms with Crippen molar-refractivity contribution in [2.75, 3.05) is 13.1 Å². The quantitative estimate of drug-likeness (QED) is 0.864. The van der Waals surface area contributed by atoms with E-state index in [4.69, 9.17) is 0 Å². The molecule has 1 aromatic heterocycles. The minimum Gasteiger partial charge on any atom is -0.331 e. The zero-order chi connectivity index (χ0) is 16.6. The van der Waals surface area contributed by atoms with Gasteiger partial charge in [0, 0.05) is 18.2 Å². The Morgan fingerprint density at radius 1 is 1.32 bits per heavy atom.